The number of hydrogen-bond donors (Lipinski definition) is 1. The van der Waals surface area contributed by atoms with Gasteiger partial charge in [0.2, 0.25) is 5.88 Å². The van der Waals surface area contributed by atoms with Crippen LogP contribution in [0.5, 0.6) is 17.4 Å². The monoisotopic (exact) mass is 231 g/mol. The van der Waals surface area contributed by atoms with E-state index in [0.717, 1.165) is 5.75 Å². The number of aromatic nitrogens is 2. The molecule has 0 saturated heterocycles. The molecule has 2 rings (SSSR count). The first-order valence-electron chi connectivity index (χ1n) is 5.10. The van der Waals surface area contributed by atoms with Gasteiger partial charge in [-0.25, -0.2) is 4.98 Å². The highest BCUT2D eigenvalue weighted by Gasteiger charge is 2.03. The molecule has 5 heteroatoms. The second kappa shape index (κ2) is 4.69. The maximum Gasteiger partial charge on any atom is 0.224 e. The molecular formula is C12H13N3O2. The second-order valence-electron chi connectivity index (χ2n) is 3.46. The van der Waals surface area contributed by atoms with Crippen LogP contribution in [-0.4, -0.2) is 17.1 Å². The molecule has 2 aromatic rings. The third-order valence-electron chi connectivity index (χ3n) is 2.10. The molecule has 1 aromatic carbocycles. The fourth-order valence-corrected chi connectivity index (χ4v) is 1.40. The number of hydrogen-bond acceptors (Lipinski definition) is 5. The van der Waals surface area contributed by atoms with Gasteiger partial charge in [-0.1, -0.05) is 6.07 Å². The lowest BCUT2D eigenvalue weighted by Crippen LogP contribution is -1.97. The second-order valence-corrected chi connectivity index (χ2v) is 3.46. The third-order valence-corrected chi connectivity index (χ3v) is 2.10. The first kappa shape index (κ1) is 11.2. The summed E-state index contributed by atoms with van der Waals surface area (Å²) in [6.07, 6.45) is 0. The molecule has 0 saturated carbocycles. The summed E-state index contributed by atoms with van der Waals surface area (Å²) in [5.74, 6) is 2.74. The van der Waals surface area contributed by atoms with Gasteiger partial charge in [-0.15, -0.1) is 0 Å². The molecule has 0 aliphatic heterocycles. The minimum atomic E-state index is 0.385. The van der Waals surface area contributed by atoms with Crippen LogP contribution < -0.4 is 15.2 Å². The molecule has 0 spiro atoms. The topological polar surface area (TPSA) is 70.3 Å². The van der Waals surface area contributed by atoms with Crippen LogP contribution in [0, 0.1) is 6.92 Å². The molecule has 1 heterocycles. The molecule has 0 bridgehead atoms. The van der Waals surface area contributed by atoms with Gasteiger partial charge in [-0.3, -0.25) is 0 Å². The first-order valence-corrected chi connectivity index (χ1v) is 5.10. The van der Waals surface area contributed by atoms with E-state index in [4.69, 9.17) is 15.2 Å². The summed E-state index contributed by atoms with van der Waals surface area (Å²) in [7, 11) is 1.60. The number of nitrogens with zero attached hydrogens (tertiary/aromatic N) is 2. The maximum atomic E-state index is 5.61. The summed E-state index contributed by atoms with van der Waals surface area (Å²) >= 11 is 0. The zero-order valence-corrected chi connectivity index (χ0v) is 9.68. The van der Waals surface area contributed by atoms with Crippen LogP contribution in [0.2, 0.25) is 0 Å². The average Bonchev–Trinajstić information content (AvgIpc) is 2.28. The molecular weight excluding hydrogens is 218 g/mol. The van der Waals surface area contributed by atoms with Crippen molar-refractivity contribution in [2.75, 3.05) is 12.8 Å². The summed E-state index contributed by atoms with van der Waals surface area (Å²) in [5.41, 5.74) is 5.61. The molecule has 0 unspecified atom stereocenters. The minimum absolute atomic E-state index is 0.385. The van der Waals surface area contributed by atoms with Crippen LogP contribution in [0.1, 0.15) is 5.82 Å². The van der Waals surface area contributed by atoms with E-state index < -0.39 is 0 Å². The highest BCUT2D eigenvalue weighted by molar-refractivity contribution is 5.38. The number of anilines is 1. The highest BCUT2D eigenvalue weighted by atomic mass is 16.5. The Morgan fingerprint density at radius 2 is 1.88 bits per heavy atom. The number of nitrogen functional groups attached to an aromatic ring is 1. The number of rotatable bonds is 3. The number of ether oxygens (including phenoxy) is 2. The summed E-state index contributed by atoms with van der Waals surface area (Å²) < 4.78 is 10.7. The fraction of sp³-hybridized carbons (Fsp3) is 0.167. The van der Waals surface area contributed by atoms with Gasteiger partial charge < -0.3 is 15.2 Å². The Hall–Kier alpha value is -2.30. The van der Waals surface area contributed by atoms with Crippen LogP contribution in [0.15, 0.2) is 30.3 Å². The van der Waals surface area contributed by atoms with Crippen LogP contribution in [0.25, 0.3) is 0 Å². The lowest BCUT2D eigenvalue weighted by Gasteiger charge is -2.07. The van der Waals surface area contributed by atoms with Crippen LogP contribution in [-0.2, 0) is 0 Å². The van der Waals surface area contributed by atoms with Crippen molar-refractivity contribution in [3.05, 3.63) is 36.2 Å². The van der Waals surface area contributed by atoms with Crippen molar-refractivity contribution in [1.82, 2.24) is 9.97 Å². The number of benzene rings is 1. The number of aryl methyl sites for hydroxylation is 1. The largest absolute Gasteiger partial charge is 0.497 e. The summed E-state index contributed by atoms with van der Waals surface area (Å²) in [5, 5.41) is 0. The molecule has 0 fully saturated rings. The normalized spacial score (nSPS) is 10.0. The fourth-order valence-electron chi connectivity index (χ4n) is 1.40. The lowest BCUT2D eigenvalue weighted by molar-refractivity contribution is 0.407. The van der Waals surface area contributed by atoms with E-state index in [1.807, 2.05) is 18.2 Å². The standard InChI is InChI=1S/C12H13N3O2/c1-8-14-11(13)7-12(15-8)17-10-5-3-4-9(6-10)16-2/h3-7H,1-2H3,(H2,13,14,15). The van der Waals surface area contributed by atoms with E-state index in [-0.39, 0.29) is 0 Å². The van der Waals surface area contributed by atoms with E-state index in [2.05, 4.69) is 9.97 Å². The van der Waals surface area contributed by atoms with E-state index >= 15 is 0 Å². The predicted octanol–water partition coefficient (Wildman–Crippen LogP) is 2.17. The Bertz CT molecular complexity index is 509. The van der Waals surface area contributed by atoms with Crippen molar-refractivity contribution < 1.29 is 9.47 Å². The Labute approximate surface area is 99.2 Å². The molecule has 2 N–H and O–H groups in total. The lowest BCUT2D eigenvalue weighted by atomic mass is 10.3. The first-order chi connectivity index (χ1) is 8.17. The van der Waals surface area contributed by atoms with Crippen LogP contribution >= 0.6 is 0 Å². The highest BCUT2D eigenvalue weighted by Crippen LogP contribution is 2.24. The van der Waals surface area contributed by atoms with Crippen LogP contribution in [0.4, 0.5) is 5.82 Å². The van der Waals surface area contributed by atoms with Crippen molar-refractivity contribution in [2.24, 2.45) is 0 Å². The molecule has 0 radical (unpaired) electrons. The van der Waals surface area contributed by atoms with Gasteiger partial charge in [0.1, 0.15) is 23.1 Å². The van der Waals surface area contributed by atoms with Crippen molar-refractivity contribution >= 4 is 5.82 Å². The summed E-state index contributed by atoms with van der Waals surface area (Å²) in [6.45, 7) is 1.76. The van der Waals surface area contributed by atoms with E-state index in [1.54, 1.807) is 26.2 Å². The van der Waals surface area contributed by atoms with Crippen molar-refractivity contribution in [2.45, 2.75) is 6.92 Å². The third kappa shape index (κ3) is 2.84. The molecule has 17 heavy (non-hydrogen) atoms. The molecule has 5 nitrogen and oxygen atoms in total. The maximum absolute atomic E-state index is 5.61. The zero-order valence-electron chi connectivity index (χ0n) is 9.68. The Morgan fingerprint density at radius 1 is 1.12 bits per heavy atom. The zero-order chi connectivity index (χ0) is 12.3. The van der Waals surface area contributed by atoms with Gasteiger partial charge in [0.05, 0.1) is 7.11 Å². The Kier molecular flexibility index (Phi) is 3.09. The number of methoxy groups -OCH3 is 1. The van der Waals surface area contributed by atoms with Crippen molar-refractivity contribution in [3.63, 3.8) is 0 Å². The predicted molar refractivity (Wildman–Crippen MR) is 64.2 cm³/mol. The number of nitrogens with two attached hydrogens (primary N) is 1. The van der Waals surface area contributed by atoms with Crippen molar-refractivity contribution in [1.29, 1.82) is 0 Å². The molecule has 1 aromatic heterocycles. The van der Waals surface area contributed by atoms with Crippen molar-refractivity contribution in [3.8, 4) is 17.4 Å². The van der Waals surface area contributed by atoms with Gasteiger partial charge in [0.25, 0.3) is 0 Å². The Morgan fingerprint density at radius 3 is 2.59 bits per heavy atom. The quantitative estimate of drug-likeness (QED) is 0.876. The van der Waals surface area contributed by atoms with E-state index in [1.165, 1.54) is 0 Å². The van der Waals surface area contributed by atoms with Gasteiger partial charge in [0, 0.05) is 12.1 Å². The molecule has 0 aliphatic carbocycles. The summed E-state index contributed by atoms with van der Waals surface area (Å²) in [4.78, 5) is 8.10. The molecule has 88 valence electrons. The van der Waals surface area contributed by atoms with E-state index in [0.29, 0.717) is 23.3 Å². The summed E-state index contributed by atoms with van der Waals surface area (Å²) in [6, 6.07) is 8.84. The Balaban J connectivity index is 2.24. The molecule has 0 aliphatic rings. The van der Waals surface area contributed by atoms with Crippen LogP contribution in [0.3, 0.4) is 0 Å². The van der Waals surface area contributed by atoms with E-state index in [9.17, 15) is 0 Å². The van der Waals surface area contributed by atoms with Gasteiger partial charge in [-0.2, -0.15) is 4.98 Å². The van der Waals surface area contributed by atoms with Gasteiger partial charge >= 0.3 is 0 Å². The van der Waals surface area contributed by atoms with Gasteiger partial charge in [0.15, 0.2) is 0 Å². The SMILES string of the molecule is COc1cccc(Oc2cc(N)nc(C)n2)c1. The molecule has 0 atom stereocenters. The smallest absolute Gasteiger partial charge is 0.224 e. The minimum Gasteiger partial charge on any atom is -0.497 e. The van der Waals surface area contributed by atoms with Gasteiger partial charge in [-0.05, 0) is 19.1 Å². The molecule has 0 amide bonds. The average molecular weight is 231 g/mol.